The van der Waals surface area contributed by atoms with Crippen LogP contribution in [0.15, 0.2) is 78.9 Å². The summed E-state index contributed by atoms with van der Waals surface area (Å²) in [5, 5.41) is 10.7. The number of aromatic nitrogens is 2. The Hall–Kier alpha value is -4.46. The molecule has 4 aromatic rings. The van der Waals surface area contributed by atoms with Crippen LogP contribution < -0.4 is 10.6 Å². The number of hydrogen-bond donors (Lipinski definition) is 2. The summed E-state index contributed by atoms with van der Waals surface area (Å²) >= 11 is 0. The molecule has 3 amide bonds. The topological polar surface area (TPSA) is 79.3 Å². The molecule has 0 saturated carbocycles. The number of amides is 3. The van der Waals surface area contributed by atoms with Gasteiger partial charge in [-0.15, -0.1) is 0 Å². The van der Waals surface area contributed by atoms with Crippen molar-refractivity contribution in [1.29, 1.82) is 0 Å². The lowest BCUT2D eigenvalue weighted by Gasteiger charge is -2.32. The predicted molar refractivity (Wildman–Crippen MR) is 169 cm³/mol. The van der Waals surface area contributed by atoms with Crippen LogP contribution in [0, 0.1) is 18.7 Å². The van der Waals surface area contributed by atoms with E-state index in [-0.39, 0.29) is 29.6 Å². The molecule has 0 aliphatic carbocycles. The average molecular weight is 582 g/mol. The number of halogens is 1. The van der Waals surface area contributed by atoms with E-state index in [4.69, 9.17) is 5.10 Å². The molecule has 224 valence electrons. The summed E-state index contributed by atoms with van der Waals surface area (Å²) in [7, 11) is 0. The molecule has 2 heterocycles. The van der Waals surface area contributed by atoms with Gasteiger partial charge < -0.3 is 10.2 Å². The van der Waals surface area contributed by atoms with Gasteiger partial charge in [0.25, 0.3) is 0 Å². The number of hydrogen-bond acceptors (Lipinski definition) is 3. The number of urea groups is 1. The first-order valence-corrected chi connectivity index (χ1v) is 14.9. The van der Waals surface area contributed by atoms with E-state index in [1.165, 1.54) is 11.6 Å². The Kier molecular flexibility index (Phi) is 8.94. The van der Waals surface area contributed by atoms with Crippen molar-refractivity contribution in [1.82, 2.24) is 14.7 Å². The molecule has 0 atom stereocenters. The highest BCUT2D eigenvalue weighted by molar-refractivity contribution is 5.99. The molecule has 0 spiro atoms. The fourth-order valence-electron chi connectivity index (χ4n) is 5.36. The number of aryl methyl sites for hydroxylation is 1. The molecule has 1 aliphatic heterocycles. The first-order chi connectivity index (χ1) is 20.5. The van der Waals surface area contributed by atoms with Crippen molar-refractivity contribution in [2.24, 2.45) is 5.92 Å². The van der Waals surface area contributed by atoms with Crippen molar-refractivity contribution in [2.45, 2.75) is 58.8 Å². The van der Waals surface area contributed by atoms with Crippen LogP contribution in [-0.4, -0.2) is 39.7 Å². The smallest absolute Gasteiger partial charge is 0.324 e. The summed E-state index contributed by atoms with van der Waals surface area (Å²) in [5.74, 6) is 0.721. The predicted octanol–water partition coefficient (Wildman–Crippen LogP) is 7.29. The lowest BCUT2D eigenvalue weighted by Crippen LogP contribution is -2.39. The Labute approximate surface area is 253 Å². The largest absolute Gasteiger partial charge is 0.342 e. The van der Waals surface area contributed by atoms with Crippen LogP contribution in [0.5, 0.6) is 0 Å². The lowest BCUT2D eigenvalue weighted by atomic mass is 9.90. The minimum atomic E-state index is -0.339. The van der Waals surface area contributed by atoms with Crippen molar-refractivity contribution in [2.75, 3.05) is 23.7 Å². The number of benzene rings is 3. The third kappa shape index (κ3) is 7.69. The molecule has 0 bridgehead atoms. The van der Waals surface area contributed by atoms with Crippen molar-refractivity contribution in [3.63, 3.8) is 0 Å². The Morgan fingerprint density at radius 2 is 1.60 bits per heavy atom. The molecule has 2 N–H and O–H groups in total. The molecule has 1 saturated heterocycles. The lowest BCUT2D eigenvalue weighted by molar-refractivity contribution is -0.131. The molecule has 8 heteroatoms. The number of carbonyl (C=O) groups excluding carboxylic acids is 2. The average Bonchev–Trinajstić information content (AvgIpc) is 3.40. The number of carbonyl (C=O) groups is 2. The van der Waals surface area contributed by atoms with Crippen molar-refractivity contribution < 1.29 is 14.0 Å². The SMILES string of the molecule is Cc1ccc(-n2nc(C(C)(C)C)cc2NC(=O)Nc2ccc(CC3CCN(C(=O)Cc4ccccc4F)CC3)cc2)cc1. The van der Waals surface area contributed by atoms with Gasteiger partial charge in [-0.3, -0.25) is 10.1 Å². The molecule has 0 radical (unpaired) electrons. The number of nitrogens with zero attached hydrogens (tertiary/aromatic N) is 3. The van der Waals surface area contributed by atoms with Gasteiger partial charge in [0.2, 0.25) is 5.91 Å². The summed E-state index contributed by atoms with van der Waals surface area (Å²) in [6.07, 6.45) is 2.84. The molecule has 1 fully saturated rings. The zero-order valence-corrected chi connectivity index (χ0v) is 25.4. The molecular formula is C35H40FN5O2. The fourth-order valence-corrected chi connectivity index (χ4v) is 5.36. The molecule has 7 nitrogen and oxygen atoms in total. The van der Waals surface area contributed by atoms with E-state index in [0.29, 0.717) is 36.1 Å². The van der Waals surface area contributed by atoms with E-state index in [1.807, 2.05) is 66.4 Å². The van der Waals surface area contributed by atoms with Crippen molar-refractivity contribution >= 4 is 23.4 Å². The number of rotatable bonds is 7. The minimum Gasteiger partial charge on any atom is -0.342 e. The molecule has 3 aromatic carbocycles. The summed E-state index contributed by atoms with van der Waals surface area (Å²) in [5.41, 5.74) is 5.07. The molecule has 5 rings (SSSR count). The second-order valence-electron chi connectivity index (χ2n) is 12.5. The fraction of sp³-hybridized carbons (Fsp3) is 0.343. The monoisotopic (exact) mass is 581 g/mol. The Morgan fingerprint density at radius 3 is 2.26 bits per heavy atom. The number of piperidine rings is 1. The molecule has 43 heavy (non-hydrogen) atoms. The number of nitrogens with one attached hydrogen (secondary N) is 2. The summed E-state index contributed by atoms with van der Waals surface area (Å²) in [4.78, 5) is 27.5. The quantitative estimate of drug-likeness (QED) is 0.241. The van der Waals surface area contributed by atoms with Gasteiger partial charge >= 0.3 is 6.03 Å². The first-order valence-electron chi connectivity index (χ1n) is 14.9. The van der Waals surface area contributed by atoms with Crippen LogP contribution in [-0.2, 0) is 23.1 Å². The van der Waals surface area contributed by atoms with E-state index in [1.54, 1.807) is 22.9 Å². The second-order valence-corrected chi connectivity index (χ2v) is 12.5. The van der Waals surface area contributed by atoms with Gasteiger partial charge in [0.1, 0.15) is 11.6 Å². The third-order valence-electron chi connectivity index (χ3n) is 8.00. The zero-order valence-electron chi connectivity index (χ0n) is 25.4. The zero-order chi connectivity index (χ0) is 30.6. The van der Waals surface area contributed by atoms with Crippen molar-refractivity contribution in [3.8, 4) is 5.69 Å². The summed E-state index contributed by atoms with van der Waals surface area (Å²) < 4.78 is 15.7. The van der Waals surface area contributed by atoms with E-state index in [9.17, 15) is 14.0 Å². The van der Waals surface area contributed by atoms with E-state index >= 15 is 0 Å². The first kappa shape index (κ1) is 30.0. The molecule has 1 aliphatic rings. The van der Waals surface area contributed by atoms with Gasteiger partial charge in [-0.05, 0) is 73.6 Å². The van der Waals surface area contributed by atoms with Crippen LogP contribution in [0.2, 0.25) is 0 Å². The maximum absolute atomic E-state index is 13.9. The second kappa shape index (κ2) is 12.8. The van der Waals surface area contributed by atoms with Gasteiger partial charge in [-0.2, -0.15) is 5.10 Å². The van der Waals surface area contributed by atoms with Crippen LogP contribution >= 0.6 is 0 Å². The molecule has 1 aromatic heterocycles. The summed E-state index contributed by atoms with van der Waals surface area (Å²) in [6, 6.07) is 24.0. The van der Waals surface area contributed by atoms with E-state index in [2.05, 4.69) is 31.4 Å². The summed E-state index contributed by atoms with van der Waals surface area (Å²) in [6.45, 7) is 9.70. The van der Waals surface area contributed by atoms with Crippen LogP contribution in [0.1, 0.15) is 56.0 Å². The maximum atomic E-state index is 13.9. The minimum absolute atomic E-state index is 0.0196. The molecule has 0 unspecified atom stereocenters. The maximum Gasteiger partial charge on any atom is 0.324 e. The Morgan fingerprint density at radius 1 is 0.930 bits per heavy atom. The Bertz CT molecular complexity index is 1560. The van der Waals surface area contributed by atoms with Gasteiger partial charge in [0.05, 0.1) is 17.8 Å². The number of likely N-dealkylation sites (tertiary alicyclic amines) is 1. The highest BCUT2D eigenvalue weighted by atomic mass is 19.1. The van der Waals surface area contributed by atoms with Gasteiger partial charge in [-0.25, -0.2) is 13.9 Å². The van der Waals surface area contributed by atoms with Crippen LogP contribution in [0.3, 0.4) is 0 Å². The van der Waals surface area contributed by atoms with E-state index in [0.717, 1.165) is 36.2 Å². The van der Waals surface area contributed by atoms with Gasteiger partial charge in [-0.1, -0.05) is 68.8 Å². The molecular weight excluding hydrogens is 541 g/mol. The van der Waals surface area contributed by atoms with Gasteiger partial charge in [0, 0.05) is 30.3 Å². The highest BCUT2D eigenvalue weighted by Crippen LogP contribution is 2.27. The van der Waals surface area contributed by atoms with E-state index < -0.39 is 0 Å². The van der Waals surface area contributed by atoms with Crippen molar-refractivity contribution in [3.05, 3.63) is 107 Å². The van der Waals surface area contributed by atoms with Crippen LogP contribution in [0.4, 0.5) is 20.7 Å². The Balaban J connectivity index is 1.14. The van der Waals surface area contributed by atoms with Gasteiger partial charge in [0.15, 0.2) is 0 Å². The third-order valence-corrected chi connectivity index (χ3v) is 8.00. The highest BCUT2D eigenvalue weighted by Gasteiger charge is 2.24. The standard InChI is InChI=1S/C35H40FN5O2/c1-24-9-15-29(16-10-24)41-32(23-31(39-41)35(2,3)4)38-34(43)37-28-13-11-25(12-14-28)21-26-17-19-40(20-18-26)33(42)22-27-7-5-6-8-30(27)36/h5-16,23,26H,17-22H2,1-4H3,(H2,37,38,43). The van der Waals surface area contributed by atoms with Crippen LogP contribution in [0.25, 0.3) is 5.69 Å². The number of anilines is 2. The normalized spacial score (nSPS) is 14.0.